The monoisotopic (exact) mass is 368 g/mol. The summed E-state index contributed by atoms with van der Waals surface area (Å²) in [4.78, 5) is 0. The van der Waals surface area contributed by atoms with Gasteiger partial charge in [0.15, 0.2) is 0 Å². The van der Waals surface area contributed by atoms with Gasteiger partial charge in [0.05, 0.1) is 17.8 Å². The fourth-order valence-corrected chi connectivity index (χ4v) is 2.69. The van der Waals surface area contributed by atoms with Gasteiger partial charge in [-0.3, -0.25) is 0 Å². The first-order chi connectivity index (χ1) is 11.7. The summed E-state index contributed by atoms with van der Waals surface area (Å²) in [6.45, 7) is 10.8. The predicted molar refractivity (Wildman–Crippen MR) is 101 cm³/mol. The van der Waals surface area contributed by atoms with E-state index in [4.69, 9.17) is 25.6 Å². The summed E-state index contributed by atoms with van der Waals surface area (Å²) in [5, 5.41) is 0.612. The first-order valence-corrected chi connectivity index (χ1v) is 9.13. The fraction of sp³-hybridized carbons (Fsp3) is 0.579. The van der Waals surface area contributed by atoms with Gasteiger partial charge in [0.25, 0.3) is 0 Å². The van der Waals surface area contributed by atoms with Crippen LogP contribution < -0.4 is 0 Å². The van der Waals surface area contributed by atoms with E-state index in [9.17, 15) is 0 Å². The molecule has 1 aromatic rings. The maximum atomic E-state index is 15.3. The molecule has 1 aliphatic heterocycles. The lowest BCUT2D eigenvalue weighted by Crippen LogP contribution is -2.41. The standard InChI is InChI=1S/C19H27BClFO3/c1-6-12-23-13-11-16(14-7-9-15(21)10-8-14)17(22)20-24-18(2,3)19(4,5)25-20/h7-10H,6,11-13H2,1-5H3. The van der Waals surface area contributed by atoms with E-state index in [2.05, 4.69) is 0 Å². The van der Waals surface area contributed by atoms with Crippen LogP contribution in [0.2, 0.25) is 5.02 Å². The van der Waals surface area contributed by atoms with Crippen molar-refractivity contribution >= 4 is 24.3 Å². The van der Waals surface area contributed by atoms with Crippen LogP contribution in [0, 0.1) is 0 Å². The van der Waals surface area contributed by atoms with Gasteiger partial charge in [-0.15, -0.1) is 0 Å². The van der Waals surface area contributed by atoms with Crippen molar-refractivity contribution in [2.45, 2.75) is 58.7 Å². The van der Waals surface area contributed by atoms with Gasteiger partial charge < -0.3 is 14.0 Å². The van der Waals surface area contributed by atoms with Crippen LogP contribution in [0.25, 0.3) is 5.57 Å². The Bertz CT molecular complexity index is 598. The number of hydrogen-bond acceptors (Lipinski definition) is 3. The molecule has 0 amide bonds. The van der Waals surface area contributed by atoms with E-state index >= 15 is 4.39 Å². The highest BCUT2D eigenvalue weighted by molar-refractivity contribution is 6.55. The number of halogens is 2. The largest absolute Gasteiger partial charge is 0.525 e. The van der Waals surface area contributed by atoms with Gasteiger partial charge in [0.1, 0.15) is 5.73 Å². The van der Waals surface area contributed by atoms with E-state index < -0.39 is 24.0 Å². The van der Waals surface area contributed by atoms with Crippen molar-refractivity contribution in [2.75, 3.05) is 13.2 Å². The van der Waals surface area contributed by atoms with Gasteiger partial charge in [0, 0.05) is 11.6 Å². The Morgan fingerprint density at radius 2 is 1.64 bits per heavy atom. The van der Waals surface area contributed by atoms with Gasteiger partial charge in [-0.25, -0.2) is 4.39 Å². The van der Waals surface area contributed by atoms with Crippen molar-refractivity contribution in [3.63, 3.8) is 0 Å². The minimum atomic E-state index is -1.01. The van der Waals surface area contributed by atoms with Crippen molar-refractivity contribution in [3.05, 3.63) is 40.6 Å². The lowest BCUT2D eigenvalue weighted by Gasteiger charge is -2.32. The maximum Gasteiger partial charge on any atom is 0.525 e. The molecule has 138 valence electrons. The molecule has 1 fully saturated rings. The molecular weight excluding hydrogens is 341 g/mol. The predicted octanol–water partition coefficient (Wildman–Crippen LogP) is 5.47. The summed E-state index contributed by atoms with van der Waals surface area (Å²) in [6.07, 6.45) is 1.37. The molecule has 0 saturated carbocycles. The zero-order chi connectivity index (χ0) is 18.7. The molecule has 6 heteroatoms. The van der Waals surface area contributed by atoms with Crippen LogP contribution >= 0.6 is 11.6 Å². The second kappa shape index (κ2) is 8.21. The SMILES string of the molecule is CCCOCCC(=C(F)B1OC(C)(C)C(C)(C)O1)c1ccc(Cl)cc1. The quantitative estimate of drug-likeness (QED) is 0.472. The Morgan fingerprint density at radius 3 is 2.16 bits per heavy atom. The Balaban J connectivity index is 2.29. The molecule has 1 aromatic carbocycles. The second-order valence-electron chi connectivity index (χ2n) is 7.28. The minimum Gasteiger partial charge on any atom is -0.398 e. The van der Waals surface area contributed by atoms with Gasteiger partial charge in [-0.05, 0) is 63.8 Å². The Morgan fingerprint density at radius 1 is 1.08 bits per heavy atom. The summed E-state index contributed by atoms with van der Waals surface area (Å²) < 4.78 is 32.6. The highest BCUT2D eigenvalue weighted by atomic mass is 35.5. The Labute approximate surface area is 155 Å². The Hall–Kier alpha value is -0.875. The molecule has 0 aliphatic carbocycles. The number of rotatable bonds is 7. The van der Waals surface area contributed by atoms with Crippen LogP contribution in [0.3, 0.4) is 0 Å². The molecule has 0 radical (unpaired) electrons. The van der Waals surface area contributed by atoms with E-state index in [0.717, 1.165) is 12.0 Å². The third-order valence-corrected chi connectivity index (χ3v) is 5.04. The summed E-state index contributed by atoms with van der Waals surface area (Å²) in [6, 6.07) is 7.12. The van der Waals surface area contributed by atoms with Crippen molar-refractivity contribution in [3.8, 4) is 0 Å². The molecule has 0 atom stereocenters. The first-order valence-electron chi connectivity index (χ1n) is 8.76. The van der Waals surface area contributed by atoms with Crippen molar-refractivity contribution in [2.24, 2.45) is 0 Å². The third kappa shape index (κ3) is 4.85. The molecule has 0 spiro atoms. The molecule has 1 saturated heterocycles. The van der Waals surface area contributed by atoms with Gasteiger partial charge in [0.2, 0.25) is 0 Å². The van der Waals surface area contributed by atoms with Crippen LogP contribution in [0.4, 0.5) is 4.39 Å². The topological polar surface area (TPSA) is 27.7 Å². The second-order valence-corrected chi connectivity index (χ2v) is 7.72. The molecule has 1 aliphatic rings. The molecule has 0 aromatic heterocycles. The fourth-order valence-electron chi connectivity index (χ4n) is 2.56. The Kier molecular flexibility index (Phi) is 6.71. The van der Waals surface area contributed by atoms with E-state index in [0.29, 0.717) is 30.2 Å². The molecular formula is C19H27BClFO3. The van der Waals surface area contributed by atoms with E-state index in [1.807, 2.05) is 46.8 Å². The third-order valence-electron chi connectivity index (χ3n) is 4.79. The average Bonchev–Trinajstić information content (AvgIpc) is 2.76. The van der Waals surface area contributed by atoms with Gasteiger partial charge in [-0.1, -0.05) is 30.7 Å². The van der Waals surface area contributed by atoms with E-state index in [-0.39, 0.29) is 0 Å². The van der Waals surface area contributed by atoms with E-state index in [1.54, 1.807) is 12.1 Å². The number of ether oxygens (including phenoxy) is 1. The van der Waals surface area contributed by atoms with Gasteiger partial charge >= 0.3 is 7.12 Å². The van der Waals surface area contributed by atoms with Crippen LogP contribution in [-0.4, -0.2) is 31.5 Å². The summed E-state index contributed by atoms with van der Waals surface area (Å²) in [7, 11) is -1.01. The number of benzene rings is 1. The average molecular weight is 369 g/mol. The van der Waals surface area contributed by atoms with E-state index in [1.165, 1.54) is 0 Å². The highest BCUT2D eigenvalue weighted by Gasteiger charge is 2.53. The first kappa shape index (κ1) is 20.4. The summed E-state index contributed by atoms with van der Waals surface area (Å²) in [5.41, 5.74) is -0.276. The van der Waals surface area contributed by atoms with Crippen LogP contribution in [0.15, 0.2) is 30.0 Å². The van der Waals surface area contributed by atoms with Crippen molar-refractivity contribution in [1.82, 2.24) is 0 Å². The molecule has 0 bridgehead atoms. The van der Waals surface area contributed by atoms with Crippen molar-refractivity contribution < 1.29 is 18.4 Å². The summed E-state index contributed by atoms with van der Waals surface area (Å²) in [5.74, 6) is 0. The lowest BCUT2D eigenvalue weighted by atomic mass is 9.82. The van der Waals surface area contributed by atoms with Crippen LogP contribution in [0.5, 0.6) is 0 Å². The summed E-state index contributed by atoms with van der Waals surface area (Å²) >= 11 is 5.96. The number of hydrogen-bond donors (Lipinski definition) is 0. The molecule has 0 unspecified atom stereocenters. The van der Waals surface area contributed by atoms with Crippen LogP contribution in [0.1, 0.15) is 53.0 Å². The molecule has 0 N–H and O–H groups in total. The zero-order valence-corrected chi connectivity index (χ0v) is 16.5. The molecule has 2 rings (SSSR count). The normalized spacial score (nSPS) is 19.9. The maximum absolute atomic E-state index is 15.3. The minimum absolute atomic E-state index is 0.402. The highest BCUT2D eigenvalue weighted by Crippen LogP contribution is 2.40. The van der Waals surface area contributed by atoms with Crippen molar-refractivity contribution in [1.29, 1.82) is 0 Å². The zero-order valence-electron chi connectivity index (χ0n) is 15.7. The van der Waals surface area contributed by atoms with Crippen LogP contribution in [-0.2, 0) is 14.0 Å². The molecule has 1 heterocycles. The van der Waals surface area contributed by atoms with Gasteiger partial charge in [-0.2, -0.15) is 0 Å². The molecule has 25 heavy (non-hydrogen) atoms. The molecule has 3 nitrogen and oxygen atoms in total. The lowest BCUT2D eigenvalue weighted by molar-refractivity contribution is 0.00578. The smallest absolute Gasteiger partial charge is 0.398 e.